The molecule has 0 amide bonds. The first-order chi connectivity index (χ1) is 8.06. The van der Waals surface area contributed by atoms with E-state index in [-0.39, 0.29) is 11.9 Å². The minimum atomic E-state index is -0.848. The Morgan fingerprint density at radius 3 is 2.94 bits per heavy atom. The first-order valence-electron chi connectivity index (χ1n) is 5.48. The molecule has 1 saturated carbocycles. The Morgan fingerprint density at radius 1 is 1.76 bits per heavy atom. The molecule has 0 saturated heterocycles. The van der Waals surface area contributed by atoms with Crippen LogP contribution in [0.5, 0.6) is 0 Å². The van der Waals surface area contributed by atoms with E-state index in [4.69, 9.17) is 10.5 Å². The summed E-state index contributed by atoms with van der Waals surface area (Å²) >= 11 is 3.13. The Labute approximate surface area is 109 Å². The van der Waals surface area contributed by atoms with Gasteiger partial charge in [-0.3, -0.25) is 4.79 Å². The van der Waals surface area contributed by atoms with Gasteiger partial charge in [0.25, 0.3) is 0 Å². The molecule has 0 radical (unpaired) electrons. The summed E-state index contributed by atoms with van der Waals surface area (Å²) in [5.74, 6) is 0.501. The Hall–Kier alpha value is -0.590. The number of thiazole rings is 1. The molecule has 1 unspecified atom stereocenters. The third-order valence-corrected chi connectivity index (χ3v) is 5.26. The van der Waals surface area contributed by atoms with E-state index in [0.717, 1.165) is 22.9 Å². The van der Waals surface area contributed by atoms with E-state index in [1.165, 1.54) is 7.11 Å². The quantitative estimate of drug-likeness (QED) is 0.654. The van der Waals surface area contributed by atoms with Crippen LogP contribution in [0.3, 0.4) is 0 Å². The van der Waals surface area contributed by atoms with Crippen LogP contribution in [-0.4, -0.2) is 29.4 Å². The molecule has 1 fully saturated rings. The Morgan fingerprint density at radius 2 is 2.47 bits per heavy atom. The molecule has 17 heavy (non-hydrogen) atoms. The van der Waals surface area contributed by atoms with Gasteiger partial charge in [0.1, 0.15) is 9.88 Å². The second-order valence-electron chi connectivity index (χ2n) is 4.35. The predicted octanol–water partition coefficient (Wildman–Crippen LogP) is 1.82. The SMILES string of the molecule is COC(=O)C(N)(CSc1nc(C)cs1)C1CC1. The van der Waals surface area contributed by atoms with Gasteiger partial charge in [0, 0.05) is 16.8 Å². The van der Waals surface area contributed by atoms with E-state index in [1.807, 2.05) is 12.3 Å². The van der Waals surface area contributed by atoms with E-state index in [0.29, 0.717) is 5.75 Å². The zero-order chi connectivity index (χ0) is 12.5. The van der Waals surface area contributed by atoms with Crippen LogP contribution in [0.2, 0.25) is 0 Å². The molecule has 0 spiro atoms. The average molecular weight is 272 g/mol. The molecule has 1 atom stereocenters. The molecule has 1 aromatic rings. The van der Waals surface area contributed by atoms with Crippen LogP contribution in [-0.2, 0) is 9.53 Å². The number of thioether (sulfide) groups is 1. The highest BCUT2D eigenvalue weighted by Crippen LogP contribution is 2.41. The van der Waals surface area contributed by atoms with Crippen molar-refractivity contribution in [3.05, 3.63) is 11.1 Å². The maximum atomic E-state index is 11.8. The van der Waals surface area contributed by atoms with Crippen LogP contribution in [0, 0.1) is 12.8 Å². The summed E-state index contributed by atoms with van der Waals surface area (Å²) in [6, 6.07) is 0. The fourth-order valence-corrected chi connectivity index (χ4v) is 3.75. The van der Waals surface area contributed by atoms with Crippen molar-refractivity contribution in [2.24, 2.45) is 11.7 Å². The van der Waals surface area contributed by atoms with Crippen molar-refractivity contribution < 1.29 is 9.53 Å². The van der Waals surface area contributed by atoms with Crippen molar-refractivity contribution in [2.75, 3.05) is 12.9 Å². The zero-order valence-electron chi connectivity index (χ0n) is 9.93. The highest BCUT2D eigenvalue weighted by molar-refractivity contribution is 8.01. The molecule has 1 heterocycles. The molecule has 94 valence electrons. The lowest BCUT2D eigenvalue weighted by atomic mass is 9.97. The fourth-order valence-electron chi connectivity index (χ4n) is 1.71. The monoisotopic (exact) mass is 272 g/mol. The summed E-state index contributed by atoms with van der Waals surface area (Å²) in [5, 5.41) is 2.00. The molecule has 4 nitrogen and oxygen atoms in total. The molecule has 2 rings (SSSR count). The van der Waals surface area contributed by atoms with E-state index >= 15 is 0 Å². The lowest BCUT2D eigenvalue weighted by molar-refractivity contribution is -0.146. The molecule has 2 N–H and O–H groups in total. The van der Waals surface area contributed by atoms with E-state index in [1.54, 1.807) is 23.1 Å². The molecule has 0 bridgehead atoms. The summed E-state index contributed by atoms with van der Waals surface area (Å²) in [6.45, 7) is 1.96. The Bertz CT molecular complexity index is 417. The van der Waals surface area contributed by atoms with Gasteiger partial charge in [-0.15, -0.1) is 11.3 Å². The Kier molecular flexibility index (Phi) is 3.75. The number of rotatable bonds is 5. The average Bonchev–Trinajstić information content (AvgIpc) is 3.09. The maximum Gasteiger partial charge on any atom is 0.327 e. The minimum absolute atomic E-state index is 0.267. The van der Waals surface area contributed by atoms with Crippen molar-refractivity contribution >= 4 is 29.1 Å². The van der Waals surface area contributed by atoms with Gasteiger partial charge in [0.2, 0.25) is 0 Å². The summed E-state index contributed by atoms with van der Waals surface area (Å²) in [5.41, 5.74) is 6.35. The molecular weight excluding hydrogens is 256 g/mol. The molecule has 1 aromatic heterocycles. The van der Waals surface area contributed by atoms with Crippen molar-refractivity contribution in [1.29, 1.82) is 0 Å². The van der Waals surface area contributed by atoms with E-state index < -0.39 is 5.54 Å². The second kappa shape index (κ2) is 4.96. The van der Waals surface area contributed by atoms with Gasteiger partial charge in [-0.2, -0.15) is 0 Å². The van der Waals surface area contributed by atoms with Gasteiger partial charge in [-0.05, 0) is 25.7 Å². The van der Waals surface area contributed by atoms with E-state index in [9.17, 15) is 4.79 Å². The topological polar surface area (TPSA) is 65.2 Å². The number of nitrogens with zero attached hydrogens (tertiary/aromatic N) is 1. The van der Waals surface area contributed by atoms with Crippen molar-refractivity contribution in [3.63, 3.8) is 0 Å². The van der Waals surface area contributed by atoms with Crippen molar-refractivity contribution in [1.82, 2.24) is 4.98 Å². The number of hydrogen-bond donors (Lipinski definition) is 1. The molecular formula is C11H16N2O2S2. The minimum Gasteiger partial charge on any atom is -0.468 e. The largest absolute Gasteiger partial charge is 0.468 e. The number of nitrogens with two attached hydrogens (primary N) is 1. The first kappa shape index (κ1) is 12.9. The summed E-state index contributed by atoms with van der Waals surface area (Å²) in [6.07, 6.45) is 2.03. The van der Waals surface area contributed by atoms with E-state index in [2.05, 4.69) is 4.98 Å². The first-order valence-corrected chi connectivity index (χ1v) is 7.35. The lowest BCUT2D eigenvalue weighted by Gasteiger charge is -2.25. The summed E-state index contributed by atoms with van der Waals surface area (Å²) in [7, 11) is 1.39. The van der Waals surface area contributed by atoms with Crippen LogP contribution < -0.4 is 5.73 Å². The number of carbonyl (C=O) groups is 1. The molecule has 0 aliphatic heterocycles. The van der Waals surface area contributed by atoms with Crippen LogP contribution in [0.15, 0.2) is 9.72 Å². The third-order valence-electron chi connectivity index (χ3n) is 2.90. The number of aromatic nitrogens is 1. The highest BCUT2D eigenvalue weighted by atomic mass is 32.2. The van der Waals surface area contributed by atoms with Gasteiger partial charge in [-0.1, -0.05) is 11.8 Å². The van der Waals surface area contributed by atoms with Crippen LogP contribution >= 0.6 is 23.1 Å². The lowest BCUT2D eigenvalue weighted by Crippen LogP contribution is -2.53. The van der Waals surface area contributed by atoms with Gasteiger partial charge >= 0.3 is 5.97 Å². The summed E-state index contributed by atoms with van der Waals surface area (Å²) in [4.78, 5) is 16.1. The van der Waals surface area contributed by atoms with Crippen LogP contribution in [0.25, 0.3) is 0 Å². The molecule has 0 aromatic carbocycles. The number of hydrogen-bond acceptors (Lipinski definition) is 6. The van der Waals surface area contributed by atoms with Crippen molar-refractivity contribution in [3.8, 4) is 0 Å². The highest BCUT2D eigenvalue weighted by Gasteiger charge is 2.49. The number of carbonyl (C=O) groups excluding carboxylic acids is 1. The van der Waals surface area contributed by atoms with Crippen molar-refractivity contribution in [2.45, 2.75) is 29.6 Å². The van der Waals surface area contributed by atoms with Gasteiger partial charge < -0.3 is 10.5 Å². The number of methoxy groups -OCH3 is 1. The fraction of sp³-hybridized carbons (Fsp3) is 0.636. The predicted molar refractivity (Wildman–Crippen MR) is 69.2 cm³/mol. The second-order valence-corrected chi connectivity index (χ2v) is 6.43. The Balaban J connectivity index is 2.01. The standard InChI is InChI=1S/C11H16N2O2S2/c1-7-5-16-10(13-7)17-6-11(12,8-3-4-8)9(14)15-2/h5,8H,3-4,6,12H2,1-2H3. The molecule has 6 heteroatoms. The zero-order valence-corrected chi connectivity index (χ0v) is 11.6. The smallest absolute Gasteiger partial charge is 0.327 e. The molecule has 1 aliphatic carbocycles. The number of esters is 1. The van der Waals surface area contributed by atoms with Gasteiger partial charge in [0.05, 0.1) is 7.11 Å². The van der Waals surface area contributed by atoms with Crippen LogP contribution in [0.1, 0.15) is 18.5 Å². The molecule has 1 aliphatic rings. The summed E-state index contributed by atoms with van der Waals surface area (Å²) < 4.78 is 5.78. The normalized spacial score (nSPS) is 18.8. The number of ether oxygens (including phenoxy) is 1. The van der Waals surface area contributed by atoms with Gasteiger partial charge in [-0.25, -0.2) is 4.98 Å². The number of aryl methyl sites for hydroxylation is 1. The van der Waals surface area contributed by atoms with Gasteiger partial charge in [0.15, 0.2) is 0 Å². The van der Waals surface area contributed by atoms with Crippen LogP contribution in [0.4, 0.5) is 0 Å². The third kappa shape index (κ3) is 2.81. The maximum absolute atomic E-state index is 11.8.